The number of carbonyl (C=O) groups is 1. The summed E-state index contributed by atoms with van der Waals surface area (Å²) < 4.78 is 5.33. The fourth-order valence-electron chi connectivity index (χ4n) is 3.61. The van der Waals surface area contributed by atoms with Gasteiger partial charge < -0.3 is 15.0 Å². The number of amides is 1. The van der Waals surface area contributed by atoms with E-state index in [2.05, 4.69) is 17.1 Å². The maximum absolute atomic E-state index is 12.6. The Kier molecular flexibility index (Phi) is 3.66. The first kappa shape index (κ1) is 13.4. The molecule has 0 bridgehead atoms. The molecule has 1 N–H and O–H groups in total. The molecule has 3 unspecified atom stereocenters. The summed E-state index contributed by atoms with van der Waals surface area (Å²) in [5.74, 6) is 2.27. The van der Waals surface area contributed by atoms with Crippen molar-refractivity contribution in [2.75, 3.05) is 26.7 Å². The summed E-state index contributed by atoms with van der Waals surface area (Å²) in [5, 5.41) is 3.42. The van der Waals surface area contributed by atoms with Gasteiger partial charge in [0, 0.05) is 31.2 Å². The lowest BCUT2D eigenvalue weighted by molar-refractivity contribution is -0.131. The minimum absolute atomic E-state index is 0.219. The fourth-order valence-corrected chi connectivity index (χ4v) is 3.61. The van der Waals surface area contributed by atoms with E-state index in [1.165, 1.54) is 0 Å². The third kappa shape index (κ3) is 2.29. The van der Waals surface area contributed by atoms with Crippen molar-refractivity contribution in [1.29, 1.82) is 0 Å². The number of fused-ring (bicyclic) bond motifs is 1. The van der Waals surface area contributed by atoms with Crippen LogP contribution in [0, 0.1) is 11.8 Å². The molecule has 0 aliphatic carbocycles. The van der Waals surface area contributed by atoms with E-state index in [4.69, 9.17) is 4.74 Å². The summed E-state index contributed by atoms with van der Waals surface area (Å²) in [7, 11) is 1.65. The zero-order valence-corrected chi connectivity index (χ0v) is 12.1. The number of carbonyl (C=O) groups excluding carboxylic acids is 1. The predicted octanol–water partition coefficient (Wildman–Crippen LogP) is 1.30. The SMILES string of the molecule is COc1ccccc1CC(=O)N1CC2CNCC2C1C. The molecule has 108 valence electrons. The number of hydrogen-bond donors (Lipinski definition) is 1. The Bertz CT molecular complexity index is 503. The van der Waals surface area contributed by atoms with Crippen LogP contribution in [0.2, 0.25) is 0 Å². The van der Waals surface area contributed by atoms with E-state index in [1.807, 2.05) is 24.3 Å². The highest BCUT2D eigenvalue weighted by Gasteiger charge is 2.43. The van der Waals surface area contributed by atoms with Crippen molar-refractivity contribution in [3.8, 4) is 5.75 Å². The van der Waals surface area contributed by atoms with Crippen LogP contribution in [-0.2, 0) is 11.2 Å². The number of hydrogen-bond acceptors (Lipinski definition) is 3. The van der Waals surface area contributed by atoms with Crippen molar-refractivity contribution < 1.29 is 9.53 Å². The summed E-state index contributed by atoms with van der Waals surface area (Å²) in [6, 6.07) is 8.12. The number of nitrogens with zero attached hydrogens (tertiary/aromatic N) is 1. The first-order valence-corrected chi connectivity index (χ1v) is 7.32. The maximum atomic E-state index is 12.6. The zero-order chi connectivity index (χ0) is 14.1. The van der Waals surface area contributed by atoms with Crippen molar-refractivity contribution >= 4 is 5.91 Å². The molecular formula is C16H22N2O2. The van der Waals surface area contributed by atoms with Gasteiger partial charge in [-0.05, 0) is 24.8 Å². The maximum Gasteiger partial charge on any atom is 0.227 e. The number of methoxy groups -OCH3 is 1. The van der Waals surface area contributed by atoms with Gasteiger partial charge in [-0.25, -0.2) is 0 Å². The van der Waals surface area contributed by atoms with Crippen molar-refractivity contribution in [3.63, 3.8) is 0 Å². The Labute approximate surface area is 120 Å². The molecule has 0 radical (unpaired) electrons. The number of para-hydroxylation sites is 1. The summed E-state index contributed by atoms with van der Waals surface area (Å²) in [6.45, 7) is 5.17. The van der Waals surface area contributed by atoms with Gasteiger partial charge in [0.1, 0.15) is 5.75 Å². The largest absolute Gasteiger partial charge is 0.496 e. The van der Waals surface area contributed by atoms with Crippen molar-refractivity contribution in [3.05, 3.63) is 29.8 Å². The molecule has 2 heterocycles. The highest BCUT2D eigenvalue weighted by molar-refractivity contribution is 5.80. The van der Waals surface area contributed by atoms with Crippen LogP contribution in [0.3, 0.4) is 0 Å². The van der Waals surface area contributed by atoms with Crippen molar-refractivity contribution in [1.82, 2.24) is 10.2 Å². The highest BCUT2D eigenvalue weighted by Crippen LogP contribution is 2.33. The van der Waals surface area contributed by atoms with Gasteiger partial charge in [-0.1, -0.05) is 18.2 Å². The van der Waals surface area contributed by atoms with Crippen LogP contribution in [0.1, 0.15) is 12.5 Å². The van der Waals surface area contributed by atoms with Crippen molar-refractivity contribution in [2.24, 2.45) is 11.8 Å². The minimum atomic E-state index is 0.219. The van der Waals surface area contributed by atoms with E-state index in [1.54, 1.807) is 7.11 Å². The molecule has 3 atom stereocenters. The number of rotatable bonds is 3. The van der Waals surface area contributed by atoms with Crippen LogP contribution >= 0.6 is 0 Å². The summed E-state index contributed by atoms with van der Waals surface area (Å²) >= 11 is 0. The molecule has 1 aromatic rings. The number of nitrogens with one attached hydrogen (secondary N) is 1. The predicted molar refractivity (Wildman–Crippen MR) is 77.7 cm³/mol. The average Bonchev–Trinajstić information content (AvgIpc) is 3.03. The van der Waals surface area contributed by atoms with Crippen LogP contribution in [0.15, 0.2) is 24.3 Å². The number of benzene rings is 1. The van der Waals surface area contributed by atoms with E-state index in [9.17, 15) is 4.79 Å². The van der Waals surface area contributed by atoms with Gasteiger partial charge in [0.25, 0.3) is 0 Å². The van der Waals surface area contributed by atoms with Gasteiger partial charge in [0.15, 0.2) is 0 Å². The number of ether oxygens (including phenoxy) is 1. The second-order valence-corrected chi connectivity index (χ2v) is 5.86. The fraction of sp³-hybridized carbons (Fsp3) is 0.562. The normalized spacial score (nSPS) is 28.5. The molecule has 2 fully saturated rings. The highest BCUT2D eigenvalue weighted by atomic mass is 16.5. The second kappa shape index (κ2) is 5.44. The Balaban J connectivity index is 1.71. The monoisotopic (exact) mass is 274 g/mol. The Hall–Kier alpha value is -1.55. The van der Waals surface area contributed by atoms with Crippen LogP contribution in [-0.4, -0.2) is 43.6 Å². The molecule has 1 aromatic carbocycles. The molecular weight excluding hydrogens is 252 g/mol. The van der Waals surface area contributed by atoms with Gasteiger partial charge in [0.2, 0.25) is 5.91 Å². The molecule has 2 aliphatic heterocycles. The van der Waals surface area contributed by atoms with Crippen LogP contribution in [0.5, 0.6) is 5.75 Å². The third-order valence-electron chi connectivity index (χ3n) is 4.79. The van der Waals surface area contributed by atoms with Crippen LogP contribution < -0.4 is 10.1 Å². The summed E-state index contributed by atoms with van der Waals surface area (Å²) in [5.41, 5.74) is 0.974. The van der Waals surface area contributed by atoms with E-state index in [-0.39, 0.29) is 5.91 Å². The van der Waals surface area contributed by atoms with Gasteiger partial charge in [-0.15, -0.1) is 0 Å². The smallest absolute Gasteiger partial charge is 0.227 e. The molecule has 4 heteroatoms. The van der Waals surface area contributed by atoms with E-state index in [0.29, 0.717) is 24.3 Å². The van der Waals surface area contributed by atoms with Gasteiger partial charge in [-0.3, -0.25) is 4.79 Å². The quantitative estimate of drug-likeness (QED) is 0.903. The first-order chi connectivity index (χ1) is 9.70. The zero-order valence-electron chi connectivity index (χ0n) is 12.1. The lowest BCUT2D eigenvalue weighted by atomic mass is 9.95. The summed E-state index contributed by atoms with van der Waals surface area (Å²) in [6.07, 6.45) is 0.432. The second-order valence-electron chi connectivity index (χ2n) is 5.86. The molecule has 1 amide bonds. The van der Waals surface area contributed by atoms with Crippen LogP contribution in [0.25, 0.3) is 0 Å². The third-order valence-corrected chi connectivity index (χ3v) is 4.79. The average molecular weight is 274 g/mol. The van der Waals surface area contributed by atoms with Gasteiger partial charge in [0.05, 0.1) is 13.5 Å². The standard InChI is InChI=1S/C16H22N2O2/c1-11-14-9-17-8-13(14)10-18(11)16(19)7-12-5-3-4-6-15(12)20-2/h3-6,11,13-14,17H,7-10H2,1-2H3. The first-order valence-electron chi connectivity index (χ1n) is 7.32. The molecule has 4 nitrogen and oxygen atoms in total. The minimum Gasteiger partial charge on any atom is -0.496 e. The molecule has 0 aromatic heterocycles. The Morgan fingerprint density at radius 3 is 2.95 bits per heavy atom. The van der Waals surface area contributed by atoms with Crippen LogP contribution in [0.4, 0.5) is 0 Å². The van der Waals surface area contributed by atoms with E-state index in [0.717, 1.165) is 30.9 Å². The molecule has 0 saturated carbocycles. The lowest BCUT2D eigenvalue weighted by Crippen LogP contribution is -2.39. The molecule has 20 heavy (non-hydrogen) atoms. The Morgan fingerprint density at radius 2 is 2.20 bits per heavy atom. The van der Waals surface area contributed by atoms with Gasteiger partial charge in [-0.2, -0.15) is 0 Å². The topological polar surface area (TPSA) is 41.6 Å². The molecule has 0 spiro atoms. The van der Waals surface area contributed by atoms with Gasteiger partial charge >= 0.3 is 0 Å². The molecule has 2 aliphatic rings. The van der Waals surface area contributed by atoms with E-state index >= 15 is 0 Å². The van der Waals surface area contributed by atoms with Crippen molar-refractivity contribution in [2.45, 2.75) is 19.4 Å². The summed E-state index contributed by atoms with van der Waals surface area (Å²) in [4.78, 5) is 14.6. The molecule has 3 rings (SSSR count). The van der Waals surface area contributed by atoms with E-state index < -0.39 is 0 Å². The number of likely N-dealkylation sites (tertiary alicyclic amines) is 1. The lowest BCUT2D eigenvalue weighted by Gasteiger charge is -2.25. The Morgan fingerprint density at radius 1 is 1.40 bits per heavy atom. The molecule has 2 saturated heterocycles.